The minimum absolute atomic E-state index is 0.382. The molecule has 0 aromatic carbocycles. The summed E-state index contributed by atoms with van der Waals surface area (Å²) in [6, 6.07) is 3.19. The van der Waals surface area contributed by atoms with Crippen molar-refractivity contribution >= 4 is 34.0 Å². The van der Waals surface area contributed by atoms with Gasteiger partial charge < -0.3 is 15.5 Å². The van der Waals surface area contributed by atoms with Gasteiger partial charge in [-0.15, -0.1) is 0 Å². The predicted molar refractivity (Wildman–Crippen MR) is 96.2 cm³/mol. The van der Waals surface area contributed by atoms with E-state index in [9.17, 15) is 18.0 Å². The molecule has 0 bridgehead atoms. The molecule has 0 aliphatic carbocycles. The van der Waals surface area contributed by atoms with Crippen LogP contribution < -0.4 is 15.5 Å². The summed E-state index contributed by atoms with van der Waals surface area (Å²) < 4.78 is 37.3. The van der Waals surface area contributed by atoms with Gasteiger partial charge in [-0.25, -0.2) is 15.0 Å². The van der Waals surface area contributed by atoms with Crippen molar-refractivity contribution in [2.75, 3.05) is 23.3 Å². The van der Waals surface area contributed by atoms with E-state index in [-0.39, 0.29) is 0 Å². The molecule has 2 aromatic heterocycles. The van der Waals surface area contributed by atoms with E-state index in [4.69, 9.17) is 5.26 Å². The number of carbonyl (C=O) groups is 1. The molecular formula is C16H16F3N7OS. The van der Waals surface area contributed by atoms with Crippen LogP contribution >= 0.6 is 11.3 Å². The Morgan fingerprint density at radius 1 is 1.29 bits per heavy atom. The van der Waals surface area contributed by atoms with E-state index in [1.807, 2.05) is 11.0 Å². The highest BCUT2D eigenvalue weighted by molar-refractivity contribution is 7.16. The largest absolute Gasteiger partial charge is 0.471 e. The van der Waals surface area contributed by atoms with Crippen molar-refractivity contribution in [2.24, 2.45) is 0 Å². The Bertz CT molecular complexity index is 880. The van der Waals surface area contributed by atoms with Gasteiger partial charge in [-0.1, -0.05) is 11.3 Å². The van der Waals surface area contributed by atoms with Crippen molar-refractivity contribution in [1.82, 2.24) is 20.3 Å². The Morgan fingerprint density at radius 2 is 2.11 bits per heavy atom. The molecule has 1 unspecified atom stereocenters. The zero-order valence-electron chi connectivity index (χ0n) is 14.5. The van der Waals surface area contributed by atoms with Gasteiger partial charge in [0.25, 0.3) is 0 Å². The lowest BCUT2D eigenvalue weighted by Gasteiger charge is -2.22. The van der Waals surface area contributed by atoms with Crippen LogP contribution in [0.1, 0.15) is 24.1 Å². The van der Waals surface area contributed by atoms with Crippen LogP contribution in [0.2, 0.25) is 0 Å². The molecule has 3 rings (SSSR count). The highest BCUT2D eigenvalue weighted by Crippen LogP contribution is 2.24. The number of nitriles is 1. The molecule has 1 aliphatic rings. The molecule has 0 radical (unpaired) electrons. The first-order valence-corrected chi connectivity index (χ1v) is 9.24. The maximum absolute atomic E-state index is 12.4. The number of anilines is 3. The van der Waals surface area contributed by atoms with Crippen molar-refractivity contribution in [3.8, 4) is 6.07 Å². The molecule has 1 atom stereocenters. The number of thiazole rings is 1. The lowest BCUT2D eigenvalue weighted by atomic mass is 10.1. The predicted octanol–water partition coefficient (Wildman–Crippen LogP) is 2.59. The molecule has 2 N–H and O–H groups in total. The Hall–Kier alpha value is -2.94. The normalized spacial score (nSPS) is 17.5. The summed E-state index contributed by atoms with van der Waals surface area (Å²) in [5.41, 5.74) is 0. The fourth-order valence-corrected chi connectivity index (χ4v) is 3.44. The summed E-state index contributed by atoms with van der Waals surface area (Å²) in [6.45, 7) is 1.06. The van der Waals surface area contributed by atoms with Crippen LogP contribution in [0.5, 0.6) is 0 Å². The van der Waals surface area contributed by atoms with Gasteiger partial charge in [-0.05, 0) is 19.3 Å². The Balaban J connectivity index is 1.62. The summed E-state index contributed by atoms with van der Waals surface area (Å²) >= 11 is 1.19. The van der Waals surface area contributed by atoms with Crippen molar-refractivity contribution < 1.29 is 18.0 Å². The number of amides is 1. The lowest BCUT2D eigenvalue weighted by molar-refractivity contribution is -0.174. The molecule has 1 fully saturated rings. The fraction of sp³-hybridized carbons (Fsp3) is 0.438. The maximum Gasteiger partial charge on any atom is 0.471 e. The summed E-state index contributed by atoms with van der Waals surface area (Å²) in [5.74, 6) is -0.785. The van der Waals surface area contributed by atoms with Gasteiger partial charge in [0.05, 0.1) is 6.20 Å². The first kappa shape index (κ1) is 19.8. The van der Waals surface area contributed by atoms with Crippen LogP contribution in [-0.2, 0) is 4.79 Å². The second-order valence-electron chi connectivity index (χ2n) is 6.11. The second kappa shape index (κ2) is 8.39. The first-order valence-electron chi connectivity index (χ1n) is 8.43. The van der Waals surface area contributed by atoms with E-state index in [0.717, 1.165) is 0 Å². The molecule has 148 valence electrons. The van der Waals surface area contributed by atoms with Crippen molar-refractivity contribution in [3.63, 3.8) is 0 Å². The number of aromatic nitrogens is 3. The zero-order valence-corrected chi connectivity index (χ0v) is 15.3. The highest BCUT2D eigenvalue weighted by atomic mass is 32.1. The number of hydrogen-bond acceptors (Lipinski definition) is 8. The monoisotopic (exact) mass is 411 g/mol. The van der Waals surface area contributed by atoms with Gasteiger partial charge in [0.15, 0.2) is 5.13 Å². The van der Waals surface area contributed by atoms with Gasteiger partial charge in [-0.3, -0.25) is 4.79 Å². The molecule has 2 aromatic rings. The summed E-state index contributed by atoms with van der Waals surface area (Å²) in [6.07, 6.45) is -0.575. The minimum atomic E-state index is -4.87. The quantitative estimate of drug-likeness (QED) is 0.796. The standard InChI is InChI=1S/C16H16F3N7OS/c17-16(18,19)14(27)24-10-2-1-4-26(5-3-10)13-6-12(22-9-23-13)25-15-21-8-11(7-20)28-15/h6,8-10H,1-5H2,(H,24,27)(H,21,22,23,25). The number of hydrogen-bond donors (Lipinski definition) is 2. The van der Waals surface area contributed by atoms with E-state index in [1.165, 1.54) is 23.9 Å². The van der Waals surface area contributed by atoms with E-state index in [0.29, 0.717) is 54.0 Å². The van der Waals surface area contributed by atoms with Crippen LogP contribution in [0.3, 0.4) is 0 Å². The number of nitrogens with one attached hydrogen (secondary N) is 2. The molecule has 1 aliphatic heterocycles. The molecule has 1 saturated heterocycles. The molecule has 1 amide bonds. The average molecular weight is 411 g/mol. The van der Waals surface area contributed by atoms with Crippen LogP contribution in [-0.4, -0.2) is 46.2 Å². The average Bonchev–Trinajstić information content (AvgIpc) is 2.98. The third-order valence-corrected chi connectivity index (χ3v) is 4.97. The van der Waals surface area contributed by atoms with E-state index in [2.05, 4.69) is 25.6 Å². The van der Waals surface area contributed by atoms with E-state index in [1.54, 1.807) is 6.07 Å². The topological polar surface area (TPSA) is 107 Å². The van der Waals surface area contributed by atoms with Gasteiger partial charge in [0.2, 0.25) is 0 Å². The molecular weight excluding hydrogens is 395 g/mol. The molecule has 8 nitrogen and oxygen atoms in total. The minimum Gasteiger partial charge on any atom is -0.356 e. The number of carbonyl (C=O) groups excluding carboxylic acids is 1. The van der Waals surface area contributed by atoms with Crippen molar-refractivity contribution in [2.45, 2.75) is 31.5 Å². The SMILES string of the molecule is N#Cc1cnc(Nc2cc(N3CCCC(NC(=O)C(F)(F)F)CC3)ncn2)s1. The van der Waals surface area contributed by atoms with Gasteiger partial charge in [0, 0.05) is 25.2 Å². The molecule has 0 spiro atoms. The van der Waals surface area contributed by atoms with Crippen LogP contribution in [0.4, 0.5) is 29.9 Å². The first-order chi connectivity index (χ1) is 13.3. The molecule has 12 heteroatoms. The van der Waals surface area contributed by atoms with E-state index >= 15 is 0 Å². The Morgan fingerprint density at radius 3 is 2.82 bits per heavy atom. The van der Waals surface area contributed by atoms with Gasteiger partial charge in [0.1, 0.15) is 28.9 Å². The number of rotatable bonds is 4. The van der Waals surface area contributed by atoms with Crippen molar-refractivity contribution in [3.05, 3.63) is 23.5 Å². The van der Waals surface area contributed by atoms with Crippen LogP contribution in [0.15, 0.2) is 18.6 Å². The smallest absolute Gasteiger partial charge is 0.356 e. The summed E-state index contributed by atoms with van der Waals surface area (Å²) in [7, 11) is 0. The van der Waals surface area contributed by atoms with E-state index < -0.39 is 18.1 Å². The number of halogens is 3. The van der Waals surface area contributed by atoms with Crippen LogP contribution in [0.25, 0.3) is 0 Å². The van der Waals surface area contributed by atoms with Crippen molar-refractivity contribution in [1.29, 1.82) is 5.26 Å². The molecule has 3 heterocycles. The second-order valence-corrected chi connectivity index (χ2v) is 7.14. The third kappa shape index (κ3) is 5.07. The fourth-order valence-electron chi connectivity index (χ4n) is 2.82. The Labute approximate surface area is 162 Å². The highest BCUT2D eigenvalue weighted by Gasteiger charge is 2.39. The third-order valence-electron chi connectivity index (χ3n) is 4.15. The maximum atomic E-state index is 12.4. The molecule has 28 heavy (non-hydrogen) atoms. The Kier molecular flexibility index (Phi) is 5.93. The summed E-state index contributed by atoms with van der Waals surface area (Å²) in [4.78, 5) is 26.0. The van der Waals surface area contributed by atoms with Gasteiger partial charge >= 0.3 is 12.1 Å². The lowest BCUT2D eigenvalue weighted by Crippen LogP contribution is -2.43. The number of alkyl halides is 3. The number of nitrogens with zero attached hydrogens (tertiary/aromatic N) is 5. The van der Waals surface area contributed by atoms with Crippen LogP contribution in [0, 0.1) is 11.3 Å². The molecule has 0 saturated carbocycles. The summed E-state index contributed by atoms with van der Waals surface area (Å²) in [5, 5.41) is 14.4. The van der Waals surface area contributed by atoms with Gasteiger partial charge in [-0.2, -0.15) is 18.4 Å². The zero-order chi connectivity index (χ0) is 20.1.